The molecule has 0 radical (unpaired) electrons. The molecule has 3 N–H and O–H groups in total. The number of ether oxygens (including phenoxy) is 1. The van der Waals surface area contributed by atoms with Crippen LogP contribution in [0.4, 0.5) is 0 Å². The number of fused-ring (bicyclic) bond motifs is 1. The monoisotopic (exact) mass is 255 g/mol. The van der Waals surface area contributed by atoms with Crippen LogP contribution in [0.5, 0.6) is 5.75 Å². The van der Waals surface area contributed by atoms with Gasteiger partial charge in [0.15, 0.2) is 0 Å². The SMILES string of the molecule is Cc1ccncc1C(NN)C1COc2ccccc21. The van der Waals surface area contributed by atoms with Gasteiger partial charge in [-0.1, -0.05) is 18.2 Å². The van der Waals surface area contributed by atoms with E-state index in [4.69, 9.17) is 10.6 Å². The number of pyridine rings is 1. The van der Waals surface area contributed by atoms with Gasteiger partial charge in [0.1, 0.15) is 5.75 Å². The van der Waals surface area contributed by atoms with E-state index in [0.29, 0.717) is 6.61 Å². The predicted octanol–water partition coefficient (Wildman–Crippen LogP) is 2.07. The number of hydrazine groups is 1. The maximum Gasteiger partial charge on any atom is 0.122 e. The first-order valence-corrected chi connectivity index (χ1v) is 6.39. The summed E-state index contributed by atoms with van der Waals surface area (Å²) in [5.74, 6) is 6.94. The molecular weight excluding hydrogens is 238 g/mol. The molecule has 98 valence electrons. The first-order valence-electron chi connectivity index (χ1n) is 6.39. The van der Waals surface area contributed by atoms with E-state index in [9.17, 15) is 0 Å². The number of hydrogen-bond donors (Lipinski definition) is 2. The number of benzene rings is 1. The molecule has 19 heavy (non-hydrogen) atoms. The number of nitrogens with two attached hydrogens (primary N) is 1. The number of aromatic nitrogens is 1. The molecule has 2 heterocycles. The minimum atomic E-state index is 0.0114. The Morgan fingerprint density at radius 3 is 3.00 bits per heavy atom. The molecule has 2 unspecified atom stereocenters. The molecule has 2 aromatic rings. The molecule has 1 aromatic heterocycles. The molecule has 0 aliphatic carbocycles. The lowest BCUT2D eigenvalue weighted by Crippen LogP contribution is -2.33. The van der Waals surface area contributed by atoms with Crippen LogP contribution in [0.3, 0.4) is 0 Å². The van der Waals surface area contributed by atoms with Gasteiger partial charge in [-0.15, -0.1) is 0 Å². The summed E-state index contributed by atoms with van der Waals surface area (Å²) in [4.78, 5) is 4.21. The first-order chi connectivity index (χ1) is 9.31. The van der Waals surface area contributed by atoms with Gasteiger partial charge in [-0.3, -0.25) is 16.3 Å². The van der Waals surface area contributed by atoms with Crippen LogP contribution >= 0.6 is 0 Å². The van der Waals surface area contributed by atoms with Crippen molar-refractivity contribution in [3.63, 3.8) is 0 Å². The minimum Gasteiger partial charge on any atom is -0.493 e. The Labute approximate surface area is 112 Å². The number of para-hydroxylation sites is 1. The summed E-state index contributed by atoms with van der Waals surface area (Å²) in [5, 5.41) is 0. The van der Waals surface area contributed by atoms with Crippen molar-refractivity contribution < 1.29 is 4.74 Å². The van der Waals surface area contributed by atoms with Crippen LogP contribution in [0.2, 0.25) is 0 Å². The number of nitrogens with zero attached hydrogens (tertiary/aromatic N) is 1. The lowest BCUT2D eigenvalue weighted by molar-refractivity contribution is 0.300. The number of aryl methyl sites for hydroxylation is 1. The van der Waals surface area contributed by atoms with Gasteiger partial charge < -0.3 is 4.74 Å². The van der Waals surface area contributed by atoms with Crippen LogP contribution in [0, 0.1) is 6.92 Å². The number of nitrogens with one attached hydrogen (secondary N) is 1. The standard InChI is InChI=1S/C15H17N3O/c1-10-6-7-17-8-12(10)15(18-16)13-9-19-14-5-3-2-4-11(13)14/h2-8,13,15,18H,9,16H2,1H3. The topological polar surface area (TPSA) is 60.2 Å². The Kier molecular flexibility index (Phi) is 3.19. The normalized spacial score (nSPS) is 18.7. The highest BCUT2D eigenvalue weighted by atomic mass is 16.5. The third-order valence-electron chi connectivity index (χ3n) is 3.73. The van der Waals surface area contributed by atoms with Crippen LogP contribution in [-0.2, 0) is 0 Å². The summed E-state index contributed by atoms with van der Waals surface area (Å²) in [7, 11) is 0. The van der Waals surface area contributed by atoms with Crippen molar-refractivity contribution in [2.75, 3.05) is 6.61 Å². The van der Waals surface area contributed by atoms with Crippen LogP contribution in [-0.4, -0.2) is 11.6 Å². The molecule has 0 fully saturated rings. The molecular formula is C15H17N3O. The van der Waals surface area contributed by atoms with E-state index in [1.54, 1.807) is 6.20 Å². The van der Waals surface area contributed by atoms with E-state index >= 15 is 0 Å². The quantitative estimate of drug-likeness (QED) is 0.651. The third kappa shape index (κ3) is 2.09. The second-order valence-electron chi connectivity index (χ2n) is 4.83. The van der Waals surface area contributed by atoms with Crippen molar-refractivity contribution in [1.82, 2.24) is 10.4 Å². The summed E-state index contributed by atoms with van der Waals surface area (Å²) >= 11 is 0. The zero-order valence-electron chi connectivity index (χ0n) is 10.8. The van der Waals surface area contributed by atoms with Gasteiger partial charge in [-0.25, -0.2) is 0 Å². The molecule has 0 spiro atoms. The summed E-state index contributed by atoms with van der Waals surface area (Å²) in [6.45, 7) is 2.71. The molecule has 0 saturated heterocycles. The van der Waals surface area contributed by atoms with Crippen molar-refractivity contribution in [3.05, 3.63) is 59.4 Å². The first kappa shape index (κ1) is 12.1. The molecule has 2 atom stereocenters. The Hall–Kier alpha value is -1.91. The van der Waals surface area contributed by atoms with E-state index in [1.807, 2.05) is 30.5 Å². The molecule has 1 aliphatic heterocycles. The highest BCUT2D eigenvalue weighted by Gasteiger charge is 2.32. The van der Waals surface area contributed by atoms with Gasteiger partial charge in [-0.05, 0) is 30.2 Å². The zero-order valence-corrected chi connectivity index (χ0v) is 10.8. The highest BCUT2D eigenvalue weighted by molar-refractivity contribution is 5.42. The molecule has 0 saturated carbocycles. The second-order valence-corrected chi connectivity index (χ2v) is 4.83. The van der Waals surface area contributed by atoms with Gasteiger partial charge in [0.25, 0.3) is 0 Å². The van der Waals surface area contributed by atoms with Crippen molar-refractivity contribution in [2.45, 2.75) is 18.9 Å². The molecule has 1 aliphatic rings. The molecule has 0 bridgehead atoms. The zero-order chi connectivity index (χ0) is 13.2. The van der Waals surface area contributed by atoms with Crippen LogP contribution in [0.1, 0.15) is 28.7 Å². The fraction of sp³-hybridized carbons (Fsp3) is 0.267. The second kappa shape index (κ2) is 4.99. The van der Waals surface area contributed by atoms with Crippen LogP contribution in [0.25, 0.3) is 0 Å². The van der Waals surface area contributed by atoms with Crippen molar-refractivity contribution >= 4 is 0 Å². The average Bonchev–Trinajstić information content (AvgIpc) is 2.86. The average molecular weight is 255 g/mol. The van der Waals surface area contributed by atoms with Crippen LogP contribution < -0.4 is 16.0 Å². The fourth-order valence-electron chi connectivity index (χ4n) is 2.69. The van der Waals surface area contributed by atoms with Crippen LogP contribution in [0.15, 0.2) is 42.7 Å². The predicted molar refractivity (Wildman–Crippen MR) is 73.7 cm³/mol. The Balaban J connectivity index is 1.99. The number of hydrogen-bond acceptors (Lipinski definition) is 4. The van der Waals surface area contributed by atoms with Gasteiger partial charge in [0.05, 0.1) is 12.6 Å². The smallest absolute Gasteiger partial charge is 0.122 e. The van der Waals surface area contributed by atoms with Crippen molar-refractivity contribution in [2.24, 2.45) is 5.84 Å². The summed E-state index contributed by atoms with van der Waals surface area (Å²) in [5.41, 5.74) is 6.43. The van der Waals surface area contributed by atoms with E-state index < -0.39 is 0 Å². The maximum absolute atomic E-state index is 5.78. The lowest BCUT2D eigenvalue weighted by Gasteiger charge is -2.23. The fourth-order valence-corrected chi connectivity index (χ4v) is 2.69. The number of rotatable bonds is 3. The molecule has 1 aromatic carbocycles. The molecule has 3 rings (SSSR count). The molecule has 0 amide bonds. The summed E-state index contributed by atoms with van der Waals surface area (Å²) < 4.78 is 5.74. The maximum atomic E-state index is 5.78. The highest BCUT2D eigenvalue weighted by Crippen LogP contribution is 2.41. The van der Waals surface area contributed by atoms with E-state index in [0.717, 1.165) is 11.3 Å². The largest absolute Gasteiger partial charge is 0.493 e. The Bertz CT molecular complexity index is 585. The minimum absolute atomic E-state index is 0.0114. The molecule has 4 heteroatoms. The van der Waals surface area contributed by atoms with E-state index in [-0.39, 0.29) is 12.0 Å². The molecule has 4 nitrogen and oxygen atoms in total. The Morgan fingerprint density at radius 1 is 1.37 bits per heavy atom. The third-order valence-corrected chi connectivity index (χ3v) is 3.73. The van der Waals surface area contributed by atoms with E-state index in [1.165, 1.54) is 11.1 Å². The van der Waals surface area contributed by atoms with E-state index in [2.05, 4.69) is 23.4 Å². The van der Waals surface area contributed by atoms with Gasteiger partial charge in [0.2, 0.25) is 0 Å². The van der Waals surface area contributed by atoms with Crippen molar-refractivity contribution in [3.8, 4) is 5.75 Å². The van der Waals surface area contributed by atoms with Gasteiger partial charge in [0, 0.05) is 23.9 Å². The van der Waals surface area contributed by atoms with Gasteiger partial charge >= 0.3 is 0 Å². The summed E-state index contributed by atoms with van der Waals surface area (Å²) in [6, 6.07) is 10.1. The summed E-state index contributed by atoms with van der Waals surface area (Å²) in [6.07, 6.45) is 3.67. The lowest BCUT2D eigenvalue weighted by atomic mass is 9.88. The van der Waals surface area contributed by atoms with Gasteiger partial charge in [-0.2, -0.15) is 0 Å². The van der Waals surface area contributed by atoms with Crippen molar-refractivity contribution in [1.29, 1.82) is 0 Å². The Morgan fingerprint density at radius 2 is 2.21 bits per heavy atom.